The lowest BCUT2D eigenvalue weighted by Crippen LogP contribution is -2.43. The molecule has 0 radical (unpaired) electrons. The van der Waals surface area contributed by atoms with Gasteiger partial charge in [-0.3, -0.25) is 4.98 Å². The maximum Gasteiger partial charge on any atom is 0.136 e. The highest BCUT2D eigenvalue weighted by atomic mass is 32.2. The highest BCUT2D eigenvalue weighted by Gasteiger charge is 2.29. The molecular weight excluding hydrogens is 473 g/mol. The lowest BCUT2D eigenvalue weighted by molar-refractivity contribution is 0.0672. The number of aliphatic hydroxyl groups is 1. The molecule has 1 N–H and O–H groups in total. The number of fused-ring (bicyclic) bond motifs is 1. The van der Waals surface area contributed by atoms with Crippen molar-refractivity contribution in [3.63, 3.8) is 0 Å². The van der Waals surface area contributed by atoms with Crippen LogP contribution in [0, 0.1) is 23.5 Å². The van der Waals surface area contributed by atoms with Gasteiger partial charge in [0, 0.05) is 41.9 Å². The molecule has 1 saturated heterocycles. The number of aromatic nitrogens is 1. The predicted octanol–water partition coefficient (Wildman–Crippen LogP) is 6.04. The van der Waals surface area contributed by atoms with Gasteiger partial charge >= 0.3 is 0 Å². The second-order valence-electron chi connectivity index (χ2n) is 9.04. The van der Waals surface area contributed by atoms with Crippen molar-refractivity contribution in [2.45, 2.75) is 30.3 Å². The van der Waals surface area contributed by atoms with E-state index in [0.717, 1.165) is 49.1 Å². The lowest BCUT2D eigenvalue weighted by atomic mass is 9.81. The number of hydrogen-bond donors (Lipinski definition) is 1. The van der Waals surface area contributed by atoms with E-state index in [4.69, 9.17) is 4.74 Å². The number of thioether (sulfide) groups is 1. The monoisotopic (exact) mass is 504 g/mol. The van der Waals surface area contributed by atoms with E-state index < -0.39 is 17.8 Å². The standard InChI is InChI=1S/C27H31F3N2O2S/c1-34-21-4-7-26-23(15-21)22(8-10-31-26)24(29)5-2-18-9-11-32(16-19(18)17-33)12-13-35-27-14-20(28)3-6-25(27)30/h3-4,6-8,10,14-15,18-19,24,33H,2,5,9,11-13,16-17H2,1H3/t18-,19-,24-/m1/s1. The van der Waals surface area contributed by atoms with E-state index in [1.807, 2.05) is 18.2 Å². The molecule has 1 aliphatic rings. The molecule has 0 bridgehead atoms. The zero-order valence-corrected chi connectivity index (χ0v) is 20.6. The molecule has 0 spiro atoms. The van der Waals surface area contributed by atoms with Crippen LogP contribution in [0.15, 0.2) is 53.6 Å². The summed E-state index contributed by atoms with van der Waals surface area (Å²) in [4.78, 5) is 6.90. The Labute approximate surface area is 208 Å². The third-order valence-corrected chi connectivity index (χ3v) is 7.89. The summed E-state index contributed by atoms with van der Waals surface area (Å²) < 4.78 is 47.8. The first-order chi connectivity index (χ1) is 17.0. The molecule has 1 aromatic heterocycles. The fourth-order valence-electron chi connectivity index (χ4n) is 4.88. The van der Waals surface area contributed by atoms with Crippen LogP contribution in [0.25, 0.3) is 10.9 Å². The molecule has 4 rings (SSSR count). The Hall–Kier alpha value is -2.29. The van der Waals surface area contributed by atoms with Gasteiger partial charge < -0.3 is 14.7 Å². The third kappa shape index (κ3) is 6.48. The fourth-order valence-corrected chi connectivity index (χ4v) is 5.85. The second kappa shape index (κ2) is 12.1. The number of alkyl halides is 1. The van der Waals surface area contributed by atoms with E-state index in [1.54, 1.807) is 19.4 Å². The summed E-state index contributed by atoms with van der Waals surface area (Å²) >= 11 is 1.30. The van der Waals surface area contributed by atoms with E-state index in [-0.39, 0.29) is 18.4 Å². The summed E-state index contributed by atoms with van der Waals surface area (Å²) in [5, 5.41) is 10.8. The summed E-state index contributed by atoms with van der Waals surface area (Å²) in [5.41, 5.74) is 1.36. The minimum atomic E-state index is -1.12. The number of halogens is 3. The van der Waals surface area contributed by atoms with Crippen LogP contribution in [0.4, 0.5) is 13.2 Å². The molecule has 1 fully saturated rings. The Bertz CT molecular complexity index is 1130. The van der Waals surface area contributed by atoms with Crippen LogP contribution < -0.4 is 4.74 Å². The predicted molar refractivity (Wildman–Crippen MR) is 134 cm³/mol. The first-order valence-corrected chi connectivity index (χ1v) is 12.9. The number of piperidine rings is 1. The highest BCUT2D eigenvalue weighted by Crippen LogP contribution is 2.35. The topological polar surface area (TPSA) is 45.6 Å². The molecule has 2 aromatic carbocycles. The molecule has 4 nitrogen and oxygen atoms in total. The molecule has 3 atom stereocenters. The maximum absolute atomic E-state index is 15.4. The van der Waals surface area contributed by atoms with Crippen LogP contribution in [0.3, 0.4) is 0 Å². The van der Waals surface area contributed by atoms with Crippen LogP contribution in [0.5, 0.6) is 5.75 Å². The number of methoxy groups -OCH3 is 1. The second-order valence-corrected chi connectivity index (χ2v) is 10.2. The van der Waals surface area contributed by atoms with E-state index in [0.29, 0.717) is 34.8 Å². The Kier molecular flexibility index (Phi) is 8.92. The Morgan fingerprint density at radius 1 is 1.17 bits per heavy atom. The van der Waals surface area contributed by atoms with Crippen LogP contribution in [-0.4, -0.2) is 54.1 Å². The number of pyridine rings is 1. The van der Waals surface area contributed by atoms with Gasteiger partial charge in [0.1, 0.15) is 23.6 Å². The molecule has 35 heavy (non-hydrogen) atoms. The van der Waals surface area contributed by atoms with Gasteiger partial charge in [-0.25, -0.2) is 13.2 Å². The smallest absolute Gasteiger partial charge is 0.136 e. The first-order valence-electron chi connectivity index (χ1n) is 12.0. The molecule has 0 amide bonds. The van der Waals surface area contributed by atoms with Crippen LogP contribution in [-0.2, 0) is 0 Å². The van der Waals surface area contributed by atoms with Crippen LogP contribution in [0.1, 0.15) is 31.0 Å². The maximum atomic E-state index is 15.4. The lowest BCUT2D eigenvalue weighted by Gasteiger charge is -2.38. The van der Waals surface area contributed by atoms with Gasteiger partial charge in [-0.05, 0) is 85.7 Å². The van der Waals surface area contributed by atoms with E-state index in [1.165, 1.54) is 17.8 Å². The number of hydrogen-bond acceptors (Lipinski definition) is 5. The van der Waals surface area contributed by atoms with Crippen LogP contribution in [0.2, 0.25) is 0 Å². The molecule has 8 heteroatoms. The van der Waals surface area contributed by atoms with E-state index >= 15 is 4.39 Å². The van der Waals surface area contributed by atoms with Crippen molar-refractivity contribution in [1.82, 2.24) is 9.88 Å². The summed E-state index contributed by atoms with van der Waals surface area (Å²) in [5.74, 6) is 0.759. The third-order valence-electron chi connectivity index (χ3n) is 6.88. The summed E-state index contributed by atoms with van der Waals surface area (Å²) in [6.45, 7) is 2.35. The van der Waals surface area contributed by atoms with Crippen molar-refractivity contribution < 1.29 is 23.0 Å². The average Bonchev–Trinajstić information content (AvgIpc) is 2.88. The molecule has 2 heterocycles. The van der Waals surface area contributed by atoms with Crippen molar-refractivity contribution in [3.8, 4) is 5.75 Å². The minimum absolute atomic E-state index is 0.0547. The first kappa shape index (κ1) is 25.8. The highest BCUT2D eigenvalue weighted by molar-refractivity contribution is 7.99. The number of nitrogens with zero attached hydrogens (tertiary/aromatic N) is 2. The molecule has 0 saturated carbocycles. The summed E-state index contributed by atoms with van der Waals surface area (Å²) in [6, 6.07) is 10.7. The van der Waals surface area contributed by atoms with Crippen molar-refractivity contribution in [3.05, 3.63) is 65.9 Å². The van der Waals surface area contributed by atoms with Gasteiger partial charge in [0.15, 0.2) is 0 Å². The zero-order valence-electron chi connectivity index (χ0n) is 19.8. The Morgan fingerprint density at radius 2 is 2.03 bits per heavy atom. The Balaban J connectivity index is 1.30. The summed E-state index contributed by atoms with van der Waals surface area (Å²) in [7, 11) is 1.59. The van der Waals surface area contributed by atoms with Gasteiger partial charge in [-0.15, -0.1) is 11.8 Å². The van der Waals surface area contributed by atoms with Crippen LogP contribution >= 0.6 is 11.8 Å². The normalized spacial score (nSPS) is 19.7. The molecule has 3 aromatic rings. The zero-order chi connectivity index (χ0) is 24.8. The van der Waals surface area contributed by atoms with Gasteiger partial charge in [-0.2, -0.15) is 0 Å². The van der Waals surface area contributed by atoms with E-state index in [2.05, 4.69) is 9.88 Å². The number of benzene rings is 2. The van der Waals surface area contributed by atoms with Gasteiger partial charge in [-0.1, -0.05) is 0 Å². The average molecular weight is 505 g/mol. The molecule has 0 unspecified atom stereocenters. The van der Waals surface area contributed by atoms with Crippen molar-refractivity contribution in [1.29, 1.82) is 0 Å². The SMILES string of the molecule is COc1ccc2nccc([C@H](F)CC[C@@H]3CCN(CCSc4cc(F)ccc4F)C[C@@H]3CO)c2c1. The molecule has 0 aliphatic carbocycles. The molecular formula is C27H31F3N2O2S. The number of likely N-dealkylation sites (tertiary alicyclic amines) is 1. The number of ether oxygens (including phenoxy) is 1. The summed E-state index contributed by atoms with van der Waals surface area (Å²) in [6.07, 6.45) is 2.47. The van der Waals surface area contributed by atoms with Crippen molar-refractivity contribution >= 4 is 22.7 Å². The molecule has 188 valence electrons. The Morgan fingerprint density at radius 3 is 2.83 bits per heavy atom. The van der Waals surface area contributed by atoms with Gasteiger partial charge in [0.25, 0.3) is 0 Å². The quantitative estimate of drug-likeness (QED) is 0.341. The van der Waals surface area contributed by atoms with Gasteiger partial charge in [0.2, 0.25) is 0 Å². The fraction of sp³-hybridized carbons (Fsp3) is 0.444. The van der Waals surface area contributed by atoms with Crippen molar-refractivity contribution in [2.75, 3.05) is 39.1 Å². The van der Waals surface area contributed by atoms with Crippen molar-refractivity contribution in [2.24, 2.45) is 11.8 Å². The molecule has 1 aliphatic heterocycles. The van der Waals surface area contributed by atoms with Gasteiger partial charge in [0.05, 0.1) is 12.6 Å². The minimum Gasteiger partial charge on any atom is -0.497 e. The van der Waals surface area contributed by atoms with E-state index in [9.17, 15) is 13.9 Å². The number of rotatable bonds is 10. The largest absolute Gasteiger partial charge is 0.497 e. The number of aliphatic hydroxyl groups excluding tert-OH is 1.